The lowest BCUT2D eigenvalue weighted by Gasteiger charge is -2.42. The van der Waals surface area contributed by atoms with E-state index in [1.54, 1.807) is 4.90 Å². The Labute approximate surface area is 210 Å². The van der Waals surface area contributed by atoms with Crippen LogP contribution >= 0.6 is 0 Å². The van der Waals surface area contributed by atoms with E-state index in [4.69, 9.17) is 0 Å². The predicted octanol–water partition coefficient (Wildman–Crippen LogP) is 3.80. The standard InChI is InChI=1S/C28H42N4O3/c1-6-31-25(34)28(32(7-2)26(31)35)13-15-29(16-14-28)18-22-19-30(24(33)17-27(3,4)5)20-23(22)21-11-9-8-10-12-21/h8-12,22-23H,6-7,13-20H2,1-5H3. The molecule has 0 radical (unpaired) electrons. The molecule has 1 aromatic rings. The molecule has 3 aliphatic heterocycles. The first-order chi connectivity index (χ1) is 16.6. The van der Waals surface area contributed by atoms with Crippen LogP contribution in [-0.2, 0) is 9.59 Å². The molecule has 192 valence electrons. The van der Waals surface area contributed by atoms with E-state index in [9.17, 15) is 14.4 Å². The van der Waals surface area contributed by atoms with Crippen molar-refractivity contribution in [3.63, 3.8) is 0 Å². The normalized spacial score (nSPS) is 25.2. The molecular formula is C28H42N4O3. The number of carbonyl (C=O) groups is 3. The first-order valence-corrected chi connectivity index (χ1v) is 13.3. The smallest absolute Gasteiger partial charge is 0.327 e. The quantitative estimate of drug-likeness (QED) is 0.579. The summed E-state index contributed by atoms with van der Waals surface area (Å²) in [6, 6.07) is 10.4. The molecule has 4 rings (SSSR count). The van der Waals surface area contributed by atoms with Gasteiger partial charge in [0, 0.05) is 58.2 Å². The van der Waals surface area contributed by atoms with E-state index in [2.05, 4.69) is 54.8 Å². The van der Waals surface area contributed by atoms with E-state index in [0.29, 0.717) is 44.2 Å². The second-order valence-electron chi connectivity index (χ2n) is 11.7. The molecule has 3 saturated heterocycles. The van der Waals surface area contributed by atoms with Gasteiger partial charge in [0.05, 0.1) is 0 Å². The van der Waals surface area contributed by atoms with E-state index in [-0.39, 0.29) is 23.3 Å². The van der Waals surface area contributed by atoms with Crippen LogP contribution in [0.3, 0.4) is 0 Å². The fourth-order valence-corrected chi connectivity index (χ4v) is 6.32. The van der Waals surface area contributed by atoms with Gasteiger partial charge in [-0.3, -0.25) is 14.5 Å². The molecular weight excluding hydrogens is 440 g/mol. The van der Waals surface area contributed by atoms with Crippen molar-refractivity contribution in [2.24, 2.45) is 11.3 Å². The zero-order valence-electron chi connectivity index (χ0n) is 22.1. The van der Waals surface area contributed by atoms with Crippen LogP contribution < -0.4 is 0 Å². The maximum atomic E-state index is 13.2. The van der Waals surface area contributed by atoms with Crippen molar-refractivity contribution in [1.82, 2.24) is 19.6 Å². The fraction of sp³-hybridized carbons (Fsp3) is 0.679. The van der Waals surface area contributed by atoms with Gasteiger partial charge in [0.25, 0.3) is 5.91 Å². The number of likely N-dealkylation sites (N-methyl/N-ethyl adjacent to an activating group) is 2. The molecule has 0 aromatic heterocycles. The molecule has 2 atom stereocenters. The molecule has 1 spiro atoms. The number of nitrogens with zero attached hydrogens (tertiary/aromatic N) is 4. The molecule has 3 fully saturated rings. The Balaban J connectivity index is 1.46. The molecule has 1 aromatic carbocycles. The topological polar surface area (TPSA) is 64.2 Å². The Bertz CT molecular complexity index is 933. The Kier molecular flexibility index (Phi) is 7.28. The summed E-state index contributed by atoms with van der Waals surface area (Å²) in [6.07, 6.45) is 1.92. The van der Waals surface area contributed by atoms with Crippen LogP contribution in [-0.4, -0.2) is 88.8 Å². The third-order valence-electron chi connectivity index (χ3n) is 8.13. The van der Waals surface area contributed by atoms with Gasteiger partial charge >= 0.3 is 6.03 Å². The Hall–Kier alpha value is -2.41. The largest absolute Gasteiger partial charge is 0.342 e. The van der Waals surface area contributed by atoms with Gasteiger partial charge in [0.2, 0.25) is 5.91 Å². The lowest BCUT2D eigenvalue weighted by Crippen LogP contribution is -2.57. The second kappa shape index (κ2) is 9.92. The highest BCUT2D eigenvalue weighted by atomic mass is 16.2. The number of benzene rings is 1. The Morgan fingerprint density at radius 2 is 1.66 bits per heavy atom. The van der Waals surface area contributed by atoms with Crippen LogP contribution in [0, 0.1) is 11.3 Å². The van der Waals surface area contributed by atoms with Crippen molar-refractivity contribution in [2.45, 2.75) is 65.3 Å². The van der Waals surface area contributed by atoms with Crippen LogP contribution in [0.15, 0.2) is 30.3 Å². The average molecular weight is 483 g/mol. The lowest BCUT2D eigenvalue weighted by atomic mass is 9.84. The molecule has 3 heterocycles. The molecule has 7 heteroatoms. The van der Waals surface area contributed by atoms with Gasteiger partial charge in [0.1, 0.15) is 5.54 Å². The first-order valence-electron chi connectivity index (χ1n) is 13.3. The molecule has 7 nitrogen and oxygen atoms in total. The highest BCUT2D eigenvalue weighted by molar-refractivity contribution is 6.07. The van der Waals surface area contributed by atoms with Gasteiger partial charge in [-0.25, -0.2) is 4.79 Å². The molecule has 35 heavy (non-hydrogen) atoms. The van der Waals surface area contributed by atoms with Gasteiger partial charge < -0.3 is 14.7 Å². The lowest BCUT2D eigenvalue weighted by molar-refractivity contribution is -0.135. The van der Waals surface area contributed by atoms with Gasteiger partial charge in [-0.15, -0.1) is 0 Å². The molecule has 3 aliphatic rings. The maximum Gasteiger partial charge on any atom is 0.327 e. The van der Waals surface area contributed by atoms with Crippen molar-refractivity contribution < 1.29 is 14.4 Å². The second-order valence-corrected chi connectivity index (χ2v) is 11.7. The van der Waals surface area contributed by atoms with Crippen LogP contribution in [0.2, 0.25) is 0 Å². The minimum atomic E-state index is -0.679. The highest BCUT2D eigenvalue weighted by Gasteiger charge is 2.57. The number of likely N-dealkylation sites (tertiary alicyclic amines) is 2. The molecule has 0 saturated carbocycles. The highest BCUT2D eigenvalue weighted by Crippen LogP contribution is 2.39. The molecule has 0 aliphatic carbocycles. The predicted molar refractivity (Wildman–Crippen MR) is 137 cm³/mol. The molecule has 0 N–H and O–H groups in total. The summed E-state index contributed by atoms with van der Waals surface area (Å²) in [4.78, 5) is 46.8. The van der Waals surface area contributed by atoms with E-state index in [1.165, 1.54) is 10.5 Å². The SMILES string of the molecule is CCN1C(=O)N(CC)C2(CCN(CC3CN(C(=O)CC(C)(C)C)CC3c3ccccc3)CC2)C1=O. The number of hydrogen-bond acceptors (Lipinski definition) is 4. The van der Waals surface area contributed by atoms with Crippen LogP contribution in [0.5, 0.6) is 0 Å². The zero-order chi connectivity index (χ0) is 25.4. The summed E-state index contributed by atoms with van der Waals surface area (Å²) in [6.45, 7) is 15.2. The van der Waals surface area contributed by atoms with Crippen molar-refractivity contribution in [2.75, 3.05) is 45.8 Å². The minimum absolute atomic E-state index is 0.0199. The number of imide groups is 1. The first kappa shape index (κ1) is 25.7. The monoisotopic (exact) mass is 482 g/mol. The molecule has 0 bridgehead atoms. The van der Waals surface area contributed by atoms with Crippen molar-refractivity contribution >= 4 is 17.8 Å². The van der Waals surface area contributed by atoms with E-state index >= 15 is 0 Å². The van der Waals surface area contributed by atoms with Crippen molar-refractivity contribution in [3.05, 3.63) is 35.9 Å². The van der Waals surface area contributed by atoms with Crippen LogP contribution in [0.1, 0.15) is 65.4 Å². The third kappa shape index (κ3) is 4.97. The zero-order valence-corrected chi connectivity index (χ0v) is 22.1. The maximum absolute atomic E-state index is 13.2. The van der Waals surface area contributed by atoms with Gasteiger partial charge in [-0.2, -0.15) is 0 Å². The number of rotatable bonds is 6. The van der Waals surface area contributed by atoms with Crippen LogP contribution in [0.4, 0.5) is 4.79 Å². The van der Waals surface area contributed by atoms with Gasteiger partial charge in [0.15, 0.2) is 0 Å². The Morgan fingerprint density at radius 1 is 1.00 bits per heavy atom. The summed E-state index contributed by atoms with van der Waals surface area (Å²) in [5.74, 6) is 0.888. The van der Waals surface area contributed by atoms with Crippen molar-refractivity contribution in [1.29, 1.82) is 0 Å². The number of amides is 4. The Morgan fingerprint density at radius 3 is 2.23 bits per heavy atom. The van der Waals surface area contributed by atoms with Crippen LogP contribution in [0.25, 0.3) is 0 Å². The fourth-order valence-electron chi connectivity index (χ4n) is 6.32. The molecule has 2 unspecified atom stereocenters. The summed E-state index contributed by atoms with van der Waals surface area (Å²) >= 11 is 0. The van der Waals surface area contributed by atoms with Gasteiger partial charge in [-0.05, 0) is 43.6 Å². The third-order valence-corrected chi connectivity index (χ3v) is 8.13. The summed E-state index contributed by atoms with van der Waals surface area (Å²) < 4.78 is 0. The summed E-state index contributed by atoms with van der Waals surface area (Å²) in [5.41, 5.74) is 0.590. The average Bonchev–Trinajstić information content (AvgIpc) is 3.32. The summed E-state index contributed by atoms with van der Waals surface area (Å²) in [7, 11) is 0. The summed E-state index contributed by atoms with van der Waals surface area (Å²) in [5, 5.41) is 0. The van der Waals surface area contributed by atoms with Gasteiger partial charge in [-0.1, -0.05) is 51.1 Å². The van der Waals surface area contributed by atoms with E-state index in [0.717, 1.165) is 32.7 Å². The van der Waals surface area contributed by atoms with E-state index in [1.807, 2.05) is 19.9 Å². The number of carbonyl (C=O) groups excluding carboxylic acids is 3. The minimum Gasteiger partial charge on any atom is -0.342 e. The number of urea groups is 1. The van der Waals surface area contributed by atoms with Crippen molar-refractivity contribution in [3.8, 4) is 0 Å². The number of piperidine rings is 1. The molecule has 4 amide bonds. The number of hydrogen-bond donors (Lipinski definition) is 0. The van der Waals surface area contributed by atoms with E-state index < -0.39 is 5.54 Å².